The SMILES string of the molecule is CCCCCCCCC(CN(CCCCOC(c1ccccc1)(c1ccccc1)c1ccccc1)CC(CCCCCCCC)O[Si](C)(C)C(C)(C)C)O[Si](C)(C)C(C)(C)C. The van der Waals surface area contributed by atoms with Crippen LogP contribution in [-0.2, 0) is 19.2 Å². The van der Waals surface area contributed by atoms with Gasteiger partial charge in [0.1, 0.15) is 5.60 Å². The largest absolute Gasteiger partial charge is 0.413 e. The molecular weight excluding hydrogens is 779 g/mol. The molecule has 0 aliphatic rings. The van der Waals surface area contributed by atoms with E-state index >= 15 is 0 Å². The highest BCUT2D eigenvalue weighted by Gasteiger charge is 2.41. The topological polar surface area (TPSA) is 30.9 Å². The lowest BCUT2D eigenvalue weighted by atomic mass is 9.80. The summed E-state index contributed by atoms with van der Waals surface area (Å²) in [5.74, 6) is 0. The molecule has 0 spiro atoms. The zero-order valence-electron chi connectivity index (χ0n) is 41.6. The molecule has 6 heteroatoms. The van der Waals surface area contributed by atoms with Gasteiger partial charge < -0.3 is 13.6 Å². The maximum absolute atomic E-state index is 7.39. The molecule has 0 saturated heterocycles. The summed E-state index contributed by atoms with van der Waals surface area (Å²) in [7, 11) is -3.98. The van der Waals surface area contributed by atoms with Gasteiger partial charge >= 0.3 is 0 Å². The molecule has 0 fully saturated rings. The van der Waals surface area contributed by atoms with Crippen LogP contribution in [0.5, 0.6) is 0 Å². The van der Waals surface area contributed by atoms with Crippen molar-refractivity contribution in [3.05, 3.63) is 108 Å². The monoisotopic (exact) mass is 872 g/mol. The summed E-state index contributed by atoms with van der Waals surface area (Å²) in [4.78, 5) is 2.77. The van der Waals surface area contributed by atoms with E-state index in [1.165, 1.54) is 77.0 Å². The summed E-state index contributed by atoms with van der Waals surface area (Å²) in [6.07, 6.45) is 20.5. The van der Waals surface area contributed by atoms with Gasteiger partial charge in [-0.3, -0.25) is 4.90 Å². The first kappa shape index (κ1) is 53.3. The van der Waals surface area contributed by atoms with Crippen LogP contribution in [0.4, 0.5) is 0 Å². The lowest BCUT2D eigenvalue weighted by Crippen LogP contribution is -2.50. The first-order valence-electron chi connectivity index (χ1n) is 24.9. The molecular formula is C55H93NO3Si2. The van der Waals surface area contributed by atoms with Gasteiger partial charge in [-0.15, -0.1) is 0 Å². The van der Waals surface area contributed by atoms with E-state index in [0.29, 0.717) is 6.61 Å². The molecule has 2 unspecified atom stereocenters. The van der Waals surface area contributed by atoms with E-state index in [9.17, 15) is 0 Å². The van der Waals surface area contributed by atoms with Crippen LogP contribution in [0.2, 0.25) is 36.3 Å². The van der Waals surface area contributed by atoms with E-state index in [1.54, 1.807) is 0 Å². The van der Waals surface area contributed by atoms with E-state index in [1.807, 2.05) is 0 Å². The Morgan fingerprint density at radius 1 is 0.459 bits per heavy atom. The summed E-state index contributed by atoms with van der Waals surface area (Å²) in [6, 6.07) is 32.5. The van der Waals surface area contributed by atoms with Crippen molar-refractivity contribution in [2.45, 2.75) is 212 Å². The van der Waals surface area contributed by atoms with E-state index in [-0.39, 0.29) is 22.3 Å². The molecule has 61 heavy (non-hydrogen) atoms. The number of nitrogens with zero attached hydrogens (tertiary/aromatic N) is 1. The van der Waals surface area contributed by atoms with Crippen LogP contribution in [0, 0.1) is 0 Å². The third kappa shape index (κ3) is 17.8. The maximum atomic E-state index is 7.39. The molecule has 0 bridgehead atoms. The third-order valence-corrected chi connectivity index (χ3v) is 23.0. The summed E-state index contributed by atoms with van der Waals surface area (Å²) >= 11 is 0. The highest BCUT2D eigenvalue weighted by atomic mass is 28.4. The van der Waals surface area contributed by atoms with Crippen LogP contribution in [0.3, 0.4) is 0 Å². The van der Waals surface area contributed by atoms with Gasteiger partial charge in [0.25, 0.3) is 0 Å². The fourth-order valence-electron chi connectivity index (χ4n) is 8.13. The zero-order valence-corrected chi connectivity index (χ0v) is 43.6. The molecule has 3 aromatic rings. The van der Waals surface area contributed by atoms with Gasteiger partial charge in [0.05, 0.1) is 12.2 Å². The van der Waals surface area contributed by atoms with Crippen molar-refractivity contribution in [2.75, 3.05) is 26.2 Å². The van der Waals surface area contributed by atoms with Gasteiger partial charge in [0.15, 0.2) is 16.6 Å². The molecule has 0 N–H and O–H groups in total. The summed E-state index contributed by atoms with van der Waals surface area (Å²) in [5.41, 5.74) is 2.79. The smallest absolute Gasteiger partial charge is 0.192 e. The normalized spacial score (nSPS) is 14.1. The molecule has 3 rings (SSSR count). The summed E-state index contributed by atoms with van der Waals surface area (Å²) in [5, 5.41) is 0.339. The van der Waals surface area contributed by atoms with E-state index < -0.39 is 22.2 Å². The Morgan fingerprint density at radius 2 is 0.803 bits per heavy atom. The summed E-state index contributed by atoms with van der Waals surface area (Å²) in [6.45, 7) is 32.4. The number of rotatable bonds is 31. The number of unbranched alkanes of at least 4 members (excludes halogenated alkanes) is 11. The lowest BCUT2D eigenvalue weighted by Gasteiger charge is -2.43. The second-order valence-corrected chi connectivity index (χ2v) is 30.7. The molecule has 344 valence electrons. The minimum Gasteiger partial charge on any atom is -0.413 e. The van der Waals surface area contributed by atoms with Gasteiger partial charge in [-0.25, -0.2) is 0 Å². The number of hydrogen-bond acceptors (Lipinski definition) is 4. The van der Waals surface area contributed by atoms with E-state index in [0.717, 1.165) is 62.0 Å². The Hall–Kier alpha value is -2.07. The van der Waals surface area contributed by atoms with Gasteiger partial charge in [0, 0.05) is 19.7 Å². The van der Waals surface area contributed by atoms with Crippen molar-refractivity contribution in [2.24, 2.45) is 0 Å². The van der Waals surface area contributed by atoms with Crippen molar-refractivity contribution >= 4 is 16.6 Å². The van der Waals surface area contributed by atoms with E-state index in [4.69, 9.17) is 13.6 Å². The molecule has 0 heterocycles. The van der Waals surface area contributed by atoms with Crippen LogP contribution in [0.25, 0.3) is 0 Å². The highest BCUT2D eigenvalue weighted by molar-refractivity contribution is 6.74. The Bertz CT molecular complexity index is 1400. The summed E-state index contributed by atoms with van der Waals surface area (Å²) < 4.78 is 22.1. The molecule has 0 aromatic heterocycles. The fraction of sp³-hybridized carbons (Fsp3) is 0.673. The number of ether oxygens (including phenoxy) is 1. The van der Waals surface area contributed by atoms with Crippen LogP contribution in [0.15, 0.2) is 91.0 Å². The first-order valence-corrected chi connectivity index (χ1v) is 30.7. The predicted octanol–water partition coefficient (Wildman–Crippen LogP) is 16.4. The van der Waals surface area contributed by atoms with Gasteiger partial charge in [0.2, 0.25) is 0 Å². The molecule has 0 aliphatic carbocycles. The van der Waals surface area contributed by atoms with Crippen LogP contribution in [0.1, 0.15) is 175 Å². The molecule has 2 atom stereocenters. The Labute approximate surface area is 379 Å². The molecule has 0 saturated carbocycles. The minimum atomic E-state index is -1.99. The molecule has 0 aliphatic heterocycles. The first-order chi connectivity index (χ1) is 29.0. The Balaban J connectivity index is 1.92. The van der Waals surface area contributed by atoms with Gasteiger partial charge in [-0.1, -0.05) is 223 Å². The molecule has 4 nitrogen and oxygen atoms in total. The average Bonchev–Trinajstić information content (AvgIpc) is 3.21. The Kier molecular flexibility index (Phi) is 23.3. The van der Waals surface area contributed by atoms with Crippen LogP contribution >= 0.6 is 0 Å². The second kappa shape index (κ2) is 26.7. The standard InChI is InChI=1S/C55H93NO3Si2/c1-13-15-17-19-21-32-42-51(58-60(9,10)53(3,4)5)46-56(47-52(43-33-22-20-18-16-14-2)59-61(11,12)54(6,7)8)44-34-35-45-57-55(48-36-26-23-27-37-48,49-38-28-24-29-39-49)50-40-30-25-31-41-50/h23-31,36-41,51-52H,13-22,32-35,42-47H2,1-12H3. The third-order valence-electron chi connectivity index (χ3n) is 13.9. The lowest BCUT2D eigenvalue weighted by molar-refractivity contribution is 0.00864. The van der Waals surface area contributed by atoms with Crippen molar-refractivity contribution in [3.8, 4) is 0 Å². The number of hydrogen-bond donors (Lipinski definition) is 0. The quantitative estimate of drug-likeness (QED) is 0.0366. The number of benzene rings is 3. The average molecular weight is 873 g/mol. The van der Waals surface area contributed by atoms with Crippen molar-refractivity contribution in [1.82, 2.24) is 4.90 Å². The van der Waals surface area contributed by atoms with Crippen LogP contribution in [-0.4, -0.2) is 60.0 Å². The highest BCUT2D eigenvalue weighted by Crippen LogP contribution is 2.42. The fourth-order valence-corrected chi connectivity index (χ4v) is 10.9. The van der Waals surface area contributed by atoms with Crippen molar-refractivity contribution in [3.63, 3.8) is 0 Å². The molecule has 0 amide bonds. The van der Waals surface area contributed by atoms with Gasteiger partial charge in [-0.2, -0.15) is 0 Å². The molecule has 3 aromatic carbocycles. The van der Waals surface area contributed by atoms with Gasteiger partial charge in [-0.05, 0) is 85.2 Å². The van der Waals surface area contributed by atoms with Crippen molar-refractivity contribution < 1.29 is 13.6 Å². The zero-order chi connectivity index (χ0) is 44.8. The van der Waals surface area contributed by atoms with Crippen molar-refractivity contribution in [1.29, 1.82) is 0 Å². The predicted molar refractivity (Wildman–Crippen MR) is 271 cm³/mol. The maximum Gasteiger partial charge on any atom is 0.192 e. The second-order valence-electron chi connectivity index (χ2n) is 21.2. The van der Waals surface area contributed by atoms with Crippen LogP contribution < -0.4 is 0 Å². The Morgan fingerprint density at radius 3 is 1.15 bits per heavy atom. The minimum absolute atomic E-state index is 0.170. The van der Waals surface area contributed by atoms with E-state index in [2.05, 4.69) is 177 Å². The molecule has 0 radical (unpaired) electrons.